The van der Waals surface area contributed by atoms with Crippen LogP contribution >= 0.6 is 11.6 Å². The Morgan fingerprint density at radius 2 is 2.00 bits per heavy atom. The van der Waals surface area contributed by atoms with E-state index in [0.29, 0.717) is 54.3 Å². The standard InChI is InChI=1S/C29H31ClFN3O4/c1-29(2)13-22-26(23(35)14-29)25(20(15-32)28(33)34(22)8-9-36-3)18-11-21(30)27(24(12-18)37-4)38-16-17-6-5-7-19(31)10-17/h5-7,10-12,25H,8-9,13-14,16,33H2,1-4H3/t25-/m1/s1. The van der Waals surface area contributed by atoms with Gasteiger partial charge in [-0.15, -0.1) is 0 Å². The van der Waals surface area contributed by atoms with Crippen molar-refractivity contribution in [2.45, 2.75) is 39.2 Å². The first-order valence-corrected chi connectivity index (χ1v) is 12.6. The third kappa shape index (κ3) is 5.35. The van der Waals surface area contributed by atoms with Gasteiger partial charge in [0.2, 0.25) is 0 Å². The summed E-state index contributed by atoms with van der Waals surface area (Å²) in [5.74, 6) is -0.214. The molecule has 1 heterocycles. The molecule has 7 nitrogen and oxygen atoms in total. The molecule has 2 aromatic rings. The molecule has 0 amide bonds. The minimum Gasteiger partial charge on any atom is -0.493 e. The van der Waals surface area contributed by atoms with E-state index < -0.39 is 5.92 Å². The third-order valence-corrected chi connectivity index (χ3v) is 7.14. The quantitative estimate of drug-likeness (QED) is 0.476. The molecule has 0 spiro atoms. The Balaban J connectivity index is 1.80. The number of ether oxygens (including phenoxy) is 3. The molecule has 200 valence electrons. The fourth-order valence-electron chi connectivity index (χ4n) is 5.18. The first-order chi connectivity index (χ1) is 18.1. The minimum atomic E-state index is -0.707. The largest absolute Gasteiger partial charge is 0.493 e. The Labute approximate surface area is 227 Å². The predicted molar refractivity (Wildman–Crippen MR) is 142 cm³/mol. The van der Waals surface area contributed by atoms with Gasteiger partial charge in [0.05, 0.1) is 36.3 Å². The number of carbonyl (C=O) groups excluding carboxylic acids is 1. The zero-order valence-corrected chi connectivity index (χ0v) is 22.7. The molecule has 9 heteroatoms. The summed E-state index contributed by atoms with van der Waals surface area (Å²) < 4.78 is 30.4. The van der Waals surface area contributed by atoms with Gasteiger partial charge < -0.3 is 24.8 Å². The second-order valence-electron chi connectivity index (χ2n) is 10.2. The maximum absolute atomic E-state index is 13.6. The molecule has 0 radical (unpaired) electrons. The van der Waals surface area contributed by atoms with E-state index in [-0.39, 0.29) is 40.0 Å². The zero-order valence-electron chi connectivity index (χ0n) is 21.9. The van der Waals surface area contributed by atoms with E-state index in [2.05, 4.69) is 6.07 Å². The lowest BCUT2D eigenvalue weighted by Gasteiger charge is -2.43. The third-order valence-electron chi connectivity index (χ3n) is 6.86. The van der Waals surface area contributed by atoms with Crippen LogP contribution < -0.4 is 15.2 Å². The van der Waals surface area contributed by atoms with E-state index in [1.165, 1.54) is 19.2 Å². The fraction of sp³-hybridized carbons (Fsp3) is 0.379. The van der Waals surface area contributed by atoms with Crippen LogP contribution in [-0.2, 0) is 16.1 Å². The molecule has 0 fully saturated rings. The molecule has 2 aliphatic rings. The highest BCUT2D eigenvalue weighted by Crippen LogP contribution is 2.50. The SMILES string of the molecule is COCCN1C(N)=C(C#N)[C@@H](c2cc(Cl)c(OCc3cccc(F)c3)c(OC)c2)C2=C1CC(C)(C)CC2=O. The van der Waals surface area contributed by atoms with Gasteiger partial charge in [-0.3, -0.25) is 4.79 Å². The predicted octanol–water partition coefficient (Wildman–Crippen LogP) is 5.45. The van der Waals surface area contributed by atoms with Crippen LogP contribution in [0.1, 0.15) is 43.7 Å². The summed E-state index contributed by atoms with van der Waals surface area (Å²) >= 11 is 6.67. The van der Waals surface area contributed by atoms with Crippen molar-refractivity contribution in [2.75, 3.05) is 27.4 Å². The number of nitrogens with zero attached hydrogens (tertiary/aromatic N) is 2. The van der Waals surface area contributed by atoms with Crippen molar-refractivity contribution < 1.29 is 23.4 Å². The highest BCUT2D eigenvalue weighted by Gasteiger charge is 2.44. The summed E-state index contributed by atoms with van der Waals surface area (Å²) in [4.78, 5) is 15.4. The molecular weight excluding hydrogens is 509 g/mol. The van der Waals surface area contributed by atoms with E-state index in [1.54, 1.807) is 31.4 Å². The van der Waals surface area contributed by atoms with Gasteiger partial charge in [0, 0.05) is 31.3 Å². The van der Waals surface area contributed by atoms with E-state index in [4.69, 9.17) is 31.5 Å². The van der Waals surface area contributed by atoms with E-state index >= 15 is 0 Å². The van der Waals surface area contributed by atoms with Crippen molar-refractivity contribution in [3.8, 4) is 17.6 Å². The number of carbonyl (C=O) groups is 1. The summed E-state index contributed by atoms with van der Waals surface area (Å²) in [6.45, 7) is 4.96. The molecule has 0 aromatic heterocycles. The highest BCUT2D eigenvalue weighted by atomic mass is 35.5. The van der Waals surface area contributed by atoms with Gasteiger partial charge in [-0.05, 0) is 47.2 Å². The molecule has 2 aromatic carbocycles. The maximum atomic E-state index is 13.6. The van der Waals surface area contributed by atoms with Crippen molar-refractivity contribution in [3.63, 3.8) is 0 Å². The average Bonchev–Trinajstić information content (AvgIpc) is 2.86. The number of rotatable bonds is 8. The van der Waals surface area contributed by atoms with Crippen LogP contribution in [0.4, 0.5) is 4.39 Å². The number of allylic oxidation sites excluding steroid dienone is 3. The first kappa shape index (κ1) is 27.5. The van der Waals surface area contributed by atoms with Crippen LogP contribution in [0.15, 0.2) is 59.1 Å². The van der Waals surface area contributed by atoms with Crippen LogP contribution in [0, 0.1) is 22.6 Å². The number of methoxy groups -OCH3 is 2. The maximum Gasteiger partial charge on any atom is 0.180 e. The van der Waals surface area contributed by atoms with E-state index in [9.17, 15) is 14.4 Å². The number of Topliss-reactive ketones (excluding diaryl/α,β-unsaturated/α-hetero) is 1. The molecule has 0 saturated heterocycles. The zero-order chi connectivity index (χ0) is 27.6. The number of benzene rings is 2. The first-order valence-electron chi connectivity index (χ1n) is 12.3. The van der Waals surface area contributed by atoms with Gasteiger partial charge in [-0.2, -0.15) is 5.26 Å². The number of nitrogens with two attached hydrogens (primary N) is 1. The summed E-state index contributed by atoms with van der Waals surface area (Å²) in [5.41, 5.74) is 9.13. The molecular formula is C29H31ClFN3O4. The summed E-state index contributed by atoms with van der Waals surface area (Å²) in [7, 11) is 3.07. The summed E-state index contributed by atoms with van der Waals surface area (Å²) in [6, 6.07) is 11.7. The van der Waals surface area contributed by atoms with Crippen LogP contribution in [0.3, 0.4) is 0 Å². The van der Waals surface area contributed by atoms with Crippen LogP contribution in [0.5, 0.6) is 11.5 Å². The number of hydrogen-bond acceptors (Lipinski definition) is 7. The van der Waals surface area contributed by atoms with Crippen molar-refractivity contribution >= 4 is 17.4 Å². The summed E-state index contributed by atoms with van der Waals surface area (Å²) in [6.07, 6.45) is 0.964. The van der Waals surface area contributed by atoms with Crippen molar-refractivity contribution in [1.82, 2.24) is 4.90 Å². The highest BCUT2D eigenvalue weighted by molar-refractivity contribution is 6.32. The van der Waals surface area contributed by atoms with Crippen molar-refractivity contribution in [2.24, 2.45) is 11.1 Å². The van der Waals surface area contributed by atoms with Gasteiger partial charge >= 0.3 is 0 Å². The normalized spacial score (nSPS) is 18.8. The van der Waals surface area contributed by atoms with Gasteiger partial charge in [0.1, 0.15) is 18.2 Å². The molecule has 1 aliphatic carbocycles. The number of nitriles is 1. The lowest BCUT2D eigenvalue weighted by Crippen LogP contribution is -2.43. The second-order valence-corrected chi connectivity index (χ2v) is 10.6. The molecule has 1 atom stereocenters. The molecule has 4 rings (SSSR count). The Hall–Kier alpha value is -3.54. The van der Waals surface area contributed by atoms with Crippen LogP contribution in [-0.4, -0.2) is 38.1 Å². The van der Waals surface area contributed by atoms with Gasteiger partial charge in [-0.25, -0.2) is 4.39 Å². The van der Waals surface area contributed by atoms with E-state index in [0.717, 1.165) is 5.70 Å². The number of ketones is 1. The molecule has 38 heavy (non-hydrogen) atoms. The monoisotopic (exact) mass is 539 g/mol. The van der Waals surface area contributed by atoms with Crippen LogP contribution in [0.25, 0.3) is 0 Å². The smallest absolute Gasteiger partial charge is 0.180 e. The van der Waals surface area contributed by atoms with Crippen LogP contribution in [0.2, 0.25) is 5.02 Å². The summed E-state index contributed by atoms with van der Waals surface area (Å²) in [5, 5.41) is 10.4. The minimum absolute atomic E-state index is 0.0366. The molecule has 0 bridgehead atoms. The lowest BCUT2D eigenvalue weighted by molar-refractivity contribution is -0.118. The molecule has 0 unspecified atom stereocenters. The van der Waals surface area contributed by atoms with Gasteiger partial charge in [-0.1, -0.05) is 37.6 Å². The van der Waals surface area contributed by atoms with Gasteiger partial charge in [0.15, 0.2) is 17.3 Å². The van der Waals surface area contributed by atoms with Gasteiger partial charge in [0.25, 0.3) is 0 Å². The molecule has 0 saturated carbocycles. The number of hydrogen-bond donors (Lipinski definition) is 1. The Kier molecular flexibility index (Phi) is 8.00. The number of halogens is 2. The lowest BCUT2D eigenvalue weighted by atomic mass is 9.68. The molecule has 1 aliphatic heterocycles. The average molecular weight is 540 g/mol. The van der Waals surface area contributed by atoms with Crippen molar-refractivity contribution in [3.05, 3.63) is 81.0 Å². The second kappa shape index (κ2) is 11.1. The Morgan fingerprint density at radius 3 is 2.66 bits per heavy atom. The Morgan fingerprint density at radius 1 is 1.24 bits per heavy atom. The topological polar surface area (TPSA) is 97.8 Å². The van der Waals surface area contributed by atoms with Crippen molar-refractivity contribution in [1.29, 1.82) is 5.26 Å². The molecule has 2 N–H and O–H groups in total. The fourth-order valence-corrected chi connectivity index (χ4v) is 5.45. The van der Waals surface area contributed by atoms with E-state index in [1.807, 2.05) is 18.7 Å². The Bertz CT molecular complexity index is 1360.